The van der Waals surface area contributed by atoms with Gasteiger partial charge in [0.05, 0.1) is 6.10 Å². The summed E-state index contributed by atoms with van der Waals surface area (Å²) in [4.78, 5) is 0. The molecule has 15 heavy (non-hydrogen) atoms. The minimum absolute atomic E-state index is 0.470. The van der Waals surface area contributed by atoms with Gasteiger partial charge in [0, 0.05) is 0 Å². The van der Waals surface area contributed by atoms with Gasteiger partial charge in [-0.25, -0.2) is 0 Å². The summed E-state index contributed by atoms with van der Waals surface area (Å²) < 4.78 is 5.36. The lowest BCUT2D eigenvalue weighted by atomic mass is 9.99. The number of nitrogens with one attached hydrogen (secondary N) is 1. The normalized spacial score (nSPS) is 41.8. The van der Waals surface area contributed by atoms with Gasteiger partial charge in [0.15, 0.2) is 0 Å². The van der Waals surface area contributed by atoms with E-state index in [-0.39, 0.29) is 0 Å². The average Bonchev–Trinajstić information content (AvgIpc) is 2.23. The second-order valence-electron chi connectivity index (χ2n) is 4.04. The van der Waals surface area contributed by atoms with Crippen LogP contribution >= 0.6 is 0 Å². The Morgan fingerprint density at radius 3 is 2.40 bits per heavy atom. The van der Waals surface area contributed by atoms with Crippen molar-refractivity contribution in [3.05, 3.63) is 0 Å². The highest BCUT2D eigenvalue weighted by atomic mass is 16.5. The van der Waals surface area contributed by atoms with Gasteiger partial charge in [-0.15, -0.1) is 0 Å². The van der Waals surface area contributed by atoms with Crippen molar-refractivity contribution in [2.24, 2.45) is 0 Å². The minimum atomic E-state index is -1.15. The smallest absolute Gasteiger partial charge is 0.137 e. The number of rotatable bonds is 4. The first-order chi connectivity index (χ1) is 7.07. The van der Waals surface area contributed by atoms with E-state index in [4.69, 9.17) is 4.74 Å². The number of hydrogen-bond acceptors (Lipinski definition) is 5. The second-order valence-corrected chi connectivity index (χ2v) is 4.04. The van der Waals surface area contributed by atoms with Crippen molar-refractivity contribution in [2.75, 3.05) is 6.54 Å². The van der Waals surface area contributed by atoms with Crippen LogP contribution in [-0.2, 0) is 4.74 Å². The van der Waals surface area contributed by atoms with Crippen LogP contribution < -0.4 is 5.32 Å². The molecule has 0 aromatic carbocycles. The van der Waals surface area contributed by atoms with E-state index in [1.165, 1.54) is 0 Å². The SMILES string of the molecule is CCCCNC1OC(C)C(O)C(O)C1O. The maximum absolute atomic E-state index is 9.63. The van der Waals surface area contributed by atoms with E-state index < -0.39 is 30.6 Å². The standard InChI is InChI=1S/C10H21NO4/c1-3-4-5-11-10-9(14)8(13)7(12)6(2)15-10/h6-14H,3-5H2,1-2H3. The Morgan fingerprint density at radius 1 is 1.13 bits per heavy atom. The van der Waals surface area contributed by atoms with Crippen molar-refractivity contribution in [2.45, 2.75) is 57.3 Å². The van der Waals surface area contributed by atoms with Crippen LogP contribution in [0.15, 0.2) is 0 Å². The Kier molecular flexibility index (Phi) is 4.95. The summed E-state index contributed by atoms with van der Waals surface area (Å²) in [5.74, 6) is 0. The monoisotopic (exact) mass is 219 g/mol. The topological polar surface area (TPSA) is 82.0 Å². The molecule has 5 unspecified atom stereocenters. The fourth-order valence-electron chi connectivity index (χ4n) is 1.64. The zero-order valence-corrected chi connectivity index (χ0v) is 9.26. The van der Waals surface area contributed by atoms with Crippen LogP contribution in [0.3, 0.4) is 0 Å². The van der Waals surface area contributed by atoms with Crippen LogP contribution in [0.1, 0.15) is 26.7 Å². The number of hydrogen-bond donors (Lipinski definition) is 4. The third-order valence-electron chi connectivity index (χ3n) is 2.73. The molecule has 0 aromatic heterocycles. The first kappa shape index (κ1) is 12.9. The molecule has 0 spiro atoms. The van der Waals surface area contributed by atoms with Gasteiger partial charge in [0.1, 0.15) is 24.5 Å². The molecule has 0 aliphatic carbocycles. The molecule has 0 saturated carbocycles. The molecule has 90 valence electrons. The third-order valence-corrected chi connectivity index (χ3v) is 2.73. The number of aliphatic hydroxyl groups excluding tert-OH is 3. The van der Waals surface area contributed by atoms with E-state index in [2.05, 4.69) is 12.2 Å². The Morgan fingerprint density at radius 2 is 1.80 bits per heavy atom. The van der Waals surface area contributed by atoms with Gasteiger partial charge in [-0.2, -0.15) is 0 Å². The third kappa shape index (κ3) is 3.12. The van der Waals surface area contributed by atoms with Gasteiger partial charge in [-0.05, 0) is 19.9 Å². The number of aliphatic hydroxyl groups is 3. The molecule has 0 amide bonds. The molecule has 0 radical (unpaired) electrons. The molecule has 1 heterocycles. The van der Waals surface area contributed by atoms with Gasteiger partial charge >= 0.3 is 0 Å². The molecule has 1 aliphatic rings. The zero-order valence-electron chi connectivity index (χ0n) is 9.26. The van der Waals surface area contributed by atoms with E-state index in [1.807, 2.05) is 0 Å². The molecule has 5 heteroatoms. The number of ether oxygens (including phenoxy) is 1. The van der Waals surface area contributed by atoms with Gasteiger partial charge in [-0.1, -0.05) is 13.3 Å². The lowest BCUT2D eigenvalue weighted by Gasteiger charge is -2.39. The number of unbranched alkanes of at least 4 members (excludes halogenated alkanes) is 1. The Hall–Kier alpha value is -0.200. The Balaban J connectivity index is 2.43. The highest BCUT2D eigenvalue weighted by molar-refractivity contribution is 4.89. The van der Waals surface area contributed by atoms with Crippen molar-refractivity contribution < 1.29 is 20.1 Å². The Bertz CT molecular complexity index is 190. The lowest BCUT2D eigenvalue weighted by molar-refractivity contribution is -0.224. The second kappa shape index (κ2) is 5.77. The highest BCUT2D eigenvalue weighted by Gasteiger charge is 2.41. The summed E-state index contributed by atoms with van der Waals surface area (Å²) in [6, 6.07) is 0. The van der Waals surface area contributed by atoms with Crippen molar-refractivity contribution >= 4 is 0 Å². The molecular weight excluding hydrogens is 198 g/mol. The largest absolute Gasteiger partial charge is 0.388 e. The summed E-state index contributed by atoms with van der Waals surface area (Å²) >= 11 is 0. The summed E-state index contributed by atoms with van der Waals surface area (Å²) in [6.45, 7) is 4.48. The molecule has 5 nitrogen and oxygen atoms in total. The molecular formula is C10H21NO4. The quantitative estimate of drug-likeness (QED) is 0.466. The average molecular weight is 219 g/mol. The van der Waals surface area contributed by atoms with Crippen molar-refractivity contribution in [3.8, 4) is 0 Å². The van der Waals surface area contributed by atoms with E-state index in [0.717, 1.165) is 19.4 Å². The fourth-order valence-corrected chi connectivity index (χ4v) is 1.64. The molecule has 1 aliphatic heterocycles. The first-order valence-electron chi connectivity index (χ1n) is 5.51. The van der Waals surface area contributed by atoms with Crippen LogP contribution in [0, 0.1) is 0 Å². The van der Waals surface area contributed by atoms with Crippen LogP contribution in [-0.4, -0.2) is 52.5 Å². The maximum Gasteiger partial charge on any atom is 0.137 e. The molecule has 0 bridgehead atoms. The lowest BCUT2D eigenvalue weighted by Crippen LogP contribution is -2.60. The molecule has 0 aromatic rings. The van der Waals surface area contributed by atoms with Gasteiger partial charge in [0.25, 0.3) is 0 Å². The van der Waals surface area contributed by atoms with Crippen molar-refractivity contribution in [1.29, 1.82) is 0 Å². The van der Waals surface area contributed by atoms with Gasteiger partial charge < -0.3 is 20.1 Å². The van der Waals surface area contributed by atoms with E-state index in [1.54, 1.807) is 6.92 Å². The maximum atomic E-state index is 9.63. The fraction of sp³-hybridized carbons (Fsp3) is 1.00. The predicted octanol–water partition coefficient (Wildman–Crippen LogP) is -0.796. The molecule has 5 atom stereocenters. The van der Waals surface area contributed by atoms with Crippen LogP contribution in [0.2, 0.25) is 0 Å². The molecule has 4 N–H and O–H groups in total. The van der Waals surface area contributed by atoms with Crippen LogP contribution in [0.5, 0.6) is 0 Å². The molecule has 1 saturated heterocycles. The summed E-state index contributed by atoms with van der Waals surface area (Å²) in [5, 5.41) is 31.6. The highest BCUT2D eigenvalue weighted by Crippen LogP contribution is 2.19. The zero-order chi connectivity index (χ0) is 11.4. The van der Waals surface area contributed by atoms with E-state index in [0.29, 0.717) is 0 Å². The van der Waals surface area contributed by atoms with Crippen LogP contribution in [0.4, 0.5) is 0 Å². The summed E-state index contributed by atoms with van der Waals surface area (Å²) in [7, 11) is 0. The van der Waals surface area contributed by atoms with Crippen LogP contribution in [0.25, 0.3) is 0 Å². The first-order valence-corrected chi connectivity index (χ1v) is 5.51. The van der Waals surface area contributed by atoms with Crippen molar-refractivity contribution in [3.63, 3.8) is 0 Å². The summed E-state index contributed by atoms with van der Waals surface area (Å²) in [5.41, 5.74) is 0. The van der Waals surface area contributed by atoms with Gasteiger partial charge in [0.2, 0.25) is 0 Å². The summed E-state index contributed by atoms with van der Waals surface area (Å²) in [6.07, 6.45) is -2.27. The van der Waals surface area contributed by atoms with E-state index in [9.17, 15) is 15.3 Å². The van der Waals surface area contributed by atoms with Crippen molar-refractivity contribution in [1.82, 2.24) is 5.32 Å². The molecule has 1 fully saturated rings. The van der Waals surface area contributed by atoms with Gasteiger partial charge in [-0.3, -0.25) is 5.32 Å². The predicted molar refractivity (Wildman–Crippen MR) is 55.3 cm³/mol. The van der Waals surface area contributed by atoms with E-state index >= 15 is 0 Å². The Labute approximate surface area is 90.1 Å². The molecule has 1 rings (SSSR count). The minimum Gasteiger partial charge on any atom is -0.388 e.